The second-order valence-electron chi connectivity index (χ2n) is 4.71. The molecule has 0 aliphatic heterocycles. The first kappa shape index (κ1) is 12.9. The number of aromatic nitrogens is 4. The Kier molecular flexibility index (Phi) is 3.28. The number of anilines is 1. The Morgan fingerprint density at radius 1 is 1.20 bits per heavy atom. The topological polar surface area (TPSA) is 55.1 Å². The molecule has 6 heteroatoms. The van der Waals surface area contributed by atoms with Crippen molar-refractivity contribution in [3.05, 3.63) is 52.3 Å². The van der Waals surface area contributed by atoms with Crippen LogP contribution in [0.15, 0.2) is 30.3 Å². The molecule has 1 aromatic carbocycles. The SMILES string of the molecule is Cc1cccc(CNc2nc3nc(C)cc(Cl)n3n2)c1. The van der Waals surface area contributed by atoms with Crippen molar-refractivity contribution in [2.45, 2.75) is 20.4 Å². The molecule has 0 saturated carbocycles. The van der Waals surface area contributed by atoms with Gasteiger partial charge in [-0.3, -0.25) is 0 Å². The highest BCUT2D eigenvalue weighted by Gasteiger charge is 2.08. The summed E-state index contributed by atoms with van der Waals surface area (Å²) < 4.78 is 1.52. The maximum atomic E-state index is 6.11. The number of aryl methyl sites for hydroxylation is 2. The van der Waals surface area contributed by atoms with Crippen molar-refractivity contribution in [3.8, 4) is 0 Å². The summed E-state index contributed by atoms with van der Waals surface area (Å²) in [7, 11) is 0. The highest BCUT2D eigenvalue weighted by Crippen LogP contribution is 2.14. The van der Waals surface area contributed by atoms with E-state index in [2.05, 4.69) is 45.5 Å². The lowest BCUT2D eigenvalue weighted by Gasteiger charge is -2.02. The van der Waals surface area contributed by atoms with Gasteiger partial charge in [0, 0.05) is 12.2 Å². The molecule has 0 saturated heterocycles. The maximum Gasteiger partial charge on any atom is 0.255 e. The first-order valence-electron chi connectivity index (χ1n) is 6.31. The minimum absolute atomic E-state index is 0.502. The van der Waals surface area contributed by atoms with E-state index < -0.39 is 0 Å². The summed E-state index contributed by atoms with van der Waals surface area (Å²) in [5.41, 5.74) is 3.23. The van der Waals surface area contributed by atoms with Gasteiger partial charge in [0.1, 0.15) is 5.15 Å². The summed E-state index contributed by atoms with van der Waals surface area (Å²) in [5.74, 6) is 1.02. The van der Waals surface area contributed by atoms with Gasteiger partial charge in [-0.15, -0.1) is 5.10 Å². The molecule has 3 rings (SSSR count). The van der Waals surface area contributed by atoms with Crippen molar-refractivity contribution >= 4 is 23.3 Å². The molecule has 5 nitrogen and oxygen atoms in total. The molecule has 0 fully saturated rings. The van der Waals surface area contributed by atoms with Gasteiger partial charge in [0.05, 0.1) is 0 Å². The molecule has 0 atom stereocenters. The van der Waals surface area contributed by atoms with Gasteiger partial charge in [0.2, 0.25) is 5.95 Å². The van der Waals surface area contributed by atoms with Crippen LogP contribution in [-0.4, -0.2) is 19.6 Å². The Morgan fingerprint density at radius 2 is 2.05 bits per heavy atom. The van der Waals surface area contributed by atoms with Crippen LogP contribution in [0.1, 0.15) is 16.8 Å². The van der Waals surface area contributed by atoms with Crippen LogP contribution < -0.4 is 5.32 Å². The molecule has 2 aromatic heterocycles. The number of nitrogens with zero attached hydrogens (tertiary/aromatic N) is 4. The van der Waals surface area contributed by atoms with E-state index >= 15 is 0 Å². The molecule has 0 bridgehead atoms. The lowest BCUT2D eigenvalue weighted by atomic mass is 10.1. The zero-order chi connectivity index (χ0) is 14.1. The second-order valence-corrected chi connectivity index (χ2v) is 5.10. The van der Waals surface area contributed by atoms with Crippen LogP contribution in [-0.2, 0) is 6.54 Å². The standard InChI is InChI=1S/C14H14ClN5/c1-9-4-3-5-11(6-9)8-16-13-18-14-17-10(2)7-12(15)20(14)19-13/h3-7H,8H2,1-2H3,(H,16,19). The average molecular weight is 288 g/mol. The quantitative estimate of drug-likeness (QED) is 0.753. The van der Waals surface area contributed by atoms with E-state index in [9.17, 15) is 0 Å². The Labute approximate surface area is 121 Å². The minimum atomic E-state index is 0.502. The summed E-state index contributed by atoms with van der Waals surface area (Å²) in [6.07, 6.45) is 0. The van der Waals surface area contributed by atoms with E-state index in [-0.39, 0.29) is 0 Å². The van der Waals surface area contributed by atoms with Crippen molar-refractivity contribution in [2.75, 3.05) is 5.32 Å². The molecule has 3 aromatic rings. The van der Waals surface area contributed by atoms with E-state index in [1.54, 1.807) is 6.07 Å². The Bertz CT molecular complexity index is 765. The fourth-order valence-electron chi connectivity index (χ4n) is 2.02. The molecule has 102 valence electrons. The Balaban J connectivity index is 1.83. The van der Waals surface area contributed by atoms with Crippen LogP contribution in [0.25, 0.3) is 5.78 Å². The van der Waals surface area contributed by atoms with Crippen LogP contribution in [0.3, 0.4) is 0 Å². The number of hydrogen-bond donors (Lipinski definition) is 1. The highest BCUT2D eigenvalue weighted by molar-refractivity contribution is 6.29. The third kappa shape index (κ3) is 2.58. The van der Waals surface area contributed by atoms with Gasteiger partial charge in [-0.1, -0.05) is 41.4 Å². The number of benzene rings is 1. The number of halogens is 1. The molecule has 20 heavy (non-hydrogen) atoms. The van der Waals surface area contributed by atoms with Gasteiger partial charge in [-0.25, -0.2) is 4.98 Å². The highest BCUT2D eigenvalue weighted by atomic mass is 35.5. The van der Waals surface area contributed by atoms with Crippen molar-refractivity contribution in [3.63, 3.8) is 0 Å². The third-order valence-corrected chi connectivity index (χ3v) is 3.20. The van der Waals surface area contributed by atoms with Crippen molar-refractivity contribution < 1.29 is 0 Å². The Morgan fingerprint density at radius 3 is 2.85 bits per heavy atom. The minimum Gasteiger partial charge on any atom is -0.349 e. The predicted octanol–water partition coefficient (Wildman–Crippen LogP) is 3.01. The van der Waals surface area contributed by atoms with Crippen LogP contribution in [0.4, 0.5) is 5.95 Å². The van der Waals surface area contributed by atoms with Crippen LogP contribution in [0.5, 0.6) is 0 Å². The first-order chi connectivity index (χ1) is 9.61. The predicted molar refractivity (Wildman–Crippen MR) is 79.0 cm³/mol. The van der Waals surface area contributed by atoms with E-state index in [0.717, 1.165) is 5.69 Å². The fourth-order valence-corrected chi connectivity index (χ4v) is 2.29. The summed E-state index contributed by atoms with van der Waals surface area (Å²) in [5, 5.41) is 7.98. The first-order valence-corrected chi connectivity index (χ1v) is 6.69. The smallest absolute Gasteiger partial charge is 0.255 e. The number of nitrogens with one attached hydrogen (secondary N) is 1. The molecule has 0 aliphatic rings. The molecule has 0 radical (unpaired) electrons. The van der Waals surface area contributed by atoms with Gasteiger partial charge in [0.25, 0.3) is 5.78 Å². The Hall–Kier alpha value is -2.14. The lowest BCUT2D eigenvalue weighted by molar-refractivity contribution is 0.924. The average Bonchev–Trinajstić information content (AvgIpc) is 2.80. The van der Waals surface area contributed by atoms with E-state index in [0.29, 0.717) is 23.4 Å². The van der Waals surface area contributed by atoms with Crippen LogP contribution in [0.2, 0.25) is 5.15 Å². The molecule has 0 unspecified atom stereocenters. The molecule has 0 aliphatic carbocycles. The number of hydrogen-bond acceptors (Lipinski definition) is 4. The molecular formula is C14H14ClN5. The zero-order valence-corrected chi connectivity index (χ0v) is 12.0. The molecule has 2 heterocycles. The third-order valence-electron chi connectivity index (χ3n) is 2.93. The summed E-state index contributed by atoms with van der Waals surface area (Å²) in [6.45, 7) is 4.61. The van der Waals surface area contributed by atoms with Gasteiger partial charge in [0.15, 0.2) is 0 Å². The summed E-state index contributed by atoms with van der Waals surface area (Å²) in [4.78, 5) is 8.61. The largest absolute Gasteiger partial charge is 0.349 e. The van der Waals surface area contributed by atoms with E-state index in [4.69, 9.17) is 11.6 Å². The molecule has 1 N–H and O–H groups in total. The van der Waals surface area contributed by atoms with Crippen molar-refractivity contribution in [2.24, 2.45) is 0 Å². The number of fused-ring (bicyclic) bond motifs is 1. The monoisotopic (exact) mass is 287 g/mol. The summed E-state index contributed by atoms with van der Waals surface area (Å²) in [6, 6.07) is 10.0. The van der Waals surface area contributed by atoms with Gasteiger partial charge >= 0.3 is 0 Å². The lowest BCUT2D eigenvalue weighted by Crippen LogP contribution is -2.01. The maximum absolute atomic E-state index is 6.11. The van der Waals surface area contributed by atoms with E-state index in [1.807, 2.05) is 13.0 Å². The molecular weight excluding hydrogens is 274 g/mol. The normalized spacial score (nSPS) is 10.9. The van der Waals surface area contributed by atoms with Crippen LogP contribution >= 0.6 is 11.6 Å². The zero-order valence-electron chi connectivity index (χ0n) is 11.3. The molecule has 0 amide bonds. The van der Waals surface area contributed by atoms with Crippen LogP contribution in [0, 0.1) is 13.8 Å². The molecule has 0 spiro atoms. The summed E-state index contributed by atoms with van der Waals surface area (Å²) >= 11 is 6.11. The number of rotatable bonds is 3. The fraction of sp³-hybridized carbons (Fsp3) is 0.214. The van der Waals surface area contributed by atoms with Gasteiger partial charge in [-0.05, 0) is 25.5 Å². The van der Waals surface area contributed by atoms with E-state index in [1.165, 1.54) is 15.6 Å². The van der Waals surface area contributed by atoms with Crippen molar-refractivity contribution in [1.82, 2.24) is 19.6 Å². The van der Waals surface area contributed by atoms with Crippen molar-refractivity contribution in [1.29, 1.82) is 0 Å². The second kappa shape index (κ2) is 5.09. The van der Waals surface area contributed by atoms with Gasteiger partial charge in [-0.2, -0.15) is 9.50 Å². The van der Waals surface area contributed by atoms with Gasteiger partial charge < -0.3 is 5.32 Å².